The number of carbonyl (C=O) groups excluding carboxylic acids is 1. The number of carbonyl (C=O) groups is 2. The van der Waals surface area contributed by atoms with Gasteiger partial charge in [0.25, 0.3) is 5.91 Å². The van der Waals surface area contributed by atoms with Crippen molar-refractivity contribution in [3.8, 4) is 0 Å². The summed E-state index contributed by atoms with van der Waals surface area (Å²) in [6.45, 7) is 3.26. The molecule has 0 saturated carbocycles. The number of aromatic amines is 1. The fourth-order valence-corrected chi connectivity index (χ4v) is 2.97. The summed E-state index contributed by atoms with van der Waals surface area (Å²) < 4.78 is 0.436. The summed E-state index contributed by atoms with van der Waals surface area (Å²) in [5.74, 6) is -1.66. The Morgan fingerprint density at radius 1 is 1.41 bits per heavy atom. The number of hydrogen-bond acceptors (Lipinski definition) is 4. The van der Waals surface area contributed by atoms with E-state index in [4.69, 9.17) is 5.11 Å². The van der Waals surface area contributed by atoms with Gasteiger partial charge in [-0.1, -0.05) is 36.1 Å². The Bertz CT molecular complexity index is 813. The molecule has 1 aliphatic rings. The van der Waals surface area contributed by atoms with Crippen molar-refractivity contribution in [1.29, 1.82) is 0 Å². The first-order valence-corrected chi connectivity index (χ1v) is 7.60. The van der Waals surface area contributed by atoms with Crippen molar-refractivity contribution in [2.24, 2.45) is 0 Å². The normalized spacial score (nSPS) is 15.7. The number of carboxylic acid groups (broad SMARTS) is 1. The number of hydrogen-bond donors (Lipinski definition) is 3. The highest BCUT2D eigenvalue weighted by atomic mass is 32.1. The van der Waals surface area contributed by atoms with E-state index in [9.17, 15) is 14.4 Å². The molecular weight excluding hydrogens is 304 g/mol. The molecule has 1 heterocycles. The van der Waals surface area contributed by atoms with Crippen LogP contribution >= 0.6 is 11.3 Å². The van der Waals surface area contributed by atoms with Crippen LogP contribution in [0.15, 0.2) is 28.6 Å². The van der Waals surface area contributed by atoms with E-state index in [1.807, 2.05) is 18.2 Å². The molecular formula is C15H16N2O4S. The molecule has 116 valence electrons. The lowest BCUT2D eigenvalue weighted by Crippen LogP contribution is -2.35. The van der Waals surface area contributed by atoms with E-state index < -0.39 is 18.4 Å². The molecule has 0 aliphatic heterocycles. The second-order valence-corrected chi connectivity index (χ2v) is 5.75. The van der Waals surface area contributed by atoms with Gasteiger partial charge in [-0.3, -0.25) is 14.4 Å². The number of H-pyrrole nitrogens is 1. The van der Waals surface area contributed by atoms with Gasteiger partial charge in [-0.2, -0.15) is 0 Å². The number of thiazole rings is 1. The summed E-state index contributed by atoms with van der Waals surface area (Å²) in [6, 6.07) is 0. The summed E-state index contributed by atoms with van der Waals surface area (Å²) >= 11 is 0.892. The smallest absolute Gasteiger partial charge is 0.322 e. The van der Waals surface area contributed by atoms with E-state index >= 15 is 0 Å². The monoisotopic (exact) mass is 320 g/mol. The molecule has 0 bridgehead atoms. The Morgan fingerprint density at radius 2 is 2.18 bits per heavy atom. The quantitative estimate of drug-likeness (QED) is 0.719. The maximum atomic E-state index is 12.4. The van der Waals surface area contributed by atoms with E-state index in [-0.39, 0.29) is 10.4 Å². The summed E-state index contributed by atoms with van der Waals surface area (Å²) in [4.78, 5) is 36.8. The molecule has 0 fully saturated rings. The number of allylic oxidation sites excluding steroid dienone is 3. The van der Waals surface area contributed by atoms with Crippen LogP contribution in [0.1, 0.15) is 19.3 Å². The lowest BCUT2D eigenvalue weighted by atomic mass is 10.0. The van der Waals surface area contributed by atoms with Crippen molar-refractivity contribution in [2.45, 2.75) is 19.3 Å². The summed E-state index contributed by atoms with van der Waals surface area (Å²) in [7, 11) is 0. The number of aromatic nitrogens is 1. The van der Waals surface area contributed by atoms with Gasteiger partial charge in [-0.05, 0) is 24.8 Å². The van der Waals surface area contributed by atoms with Crippen molar-refractivity contribution in [3.05, 3.63) is 43.4 Å². The average molecular weight is 320 g/mol. The minimum absolute atomic E-state index is 0.285. The fourth-order valence-electron chi connectivity index (χ4n) is 2.13. The molecule has 0 spiro atoms. The Balaban J connectivity index is 2.58. The minimum Gasteiger partial charge on any atom is -0.480 e. The number of aliphatic carboxylic acids is 1. The van der Waals surface area contributed by atoms with Crippen molar-refractivity contribution in [2.75, 3.05) is 6.54 Å². The molecule has 22 heavy (non-hydrogen) atoms. The zero-order chi connectivity index (χ0) is 16.1. The zero-order valence-electron chi connectivity index (χ0n) is 11.8. The molecule has 7 heteroatoms. The van der Waals surface area contributed by atoms with Crippen molar-refractivity contribution < 1.29 is 14.7 Å². The molecule has 0 radical (unpaired) electrons. The largest absolute Gasteiger partial charge is 0.480 e. The van der Waals surface area contributed by atoms with Crippen LogP contribution in [0.5, 0.6) is 0 Å². The fraction of sp³-hybridized carbons (Fsp3) is 0.267. The molecule has 0 atom stereocenters. The molecule has 0 unspecified atom stereocenters. The SMILES string of the molecule is C=c1[nH]c(=O)s/c1=C(\C(=O)NCC(=O)O)C1=CCCCC=C1. The van der Waals surface area contributed by atoms with Gasteiger partial charge in [0.2, 0.25) is 0 Å². The number of rotatable bonds is 4. The van der Waals surface area contributed by atoms with E-state index in [0.717, 1.165) is 30.6 Å². The van der Waals surface area contributed by atoms with Crippen LogP contribution in [0.4, 0.5) is 0 Å². The second-order valence-electron chi connectivity index (χ2n) is 4.77. The Labute approximate surface area is 130 Å². The lowest BCUT2D eigenvalue weighted by Gasteiger charge is -2.08. The number of nitrogens with one attached hydrogen (secondary N) is 2. The Kier molecular flexibility index (Phi) is 5.11. The maximum Gasteiger partial charge on any atom is 0.322 e. The van der Waals surface area contributed by atoms with E-state index in [2.05, 4.69) is 16.9 Å². The third kappa shape index (κ3) is 3.82. The molecule has 1 aromatic rings. The van der Waals surface area contributed by atoms with E-state index in [1.165, 1.54) is 0 Å². The minimum atomic E-state index is -1.13. The molecule has 1 aliphatic carbocycles. The van der Waals surface area contributed by atoms with E-state index in [0.29, 0.717) is 15.5 Å². The Hall–Kier alpha value is -2.41. The summed E-state index contributed by atoms with van der Waals surface area (Å²) in [5, 5.41) is 11.4. The van der Waals surface area contributed by atoms with Crippen molar-refractivity contribution >= 4 is 35.4 Å². The van der Waals surface area contributed by atoms with E-state index in [1.54, 1.807) is 0 Å². The van der Waals surface area contributed by atoms with Crippen LogP contribution in [0.2, 0.25) is 0 Å². The third-order valence-corrected chi connectivity index (χ3v) is 4.04. The van der Waals surface area contributed by atoms with Crippen molar-refractivity contribution in [3.63, 3.8) is 0 Å². The molecule has 0 saturated heterocycles. The van der Waals surface area contributed by atoms with Crippen LogP contribution in [0, 0.1) is 0 Å². The summed E-state index contributed by atoms with van der Waals surface area (Å²) in [6.07, 6.45) is 8.40. The van der Waals surface area contributed by atoms with Gasteiger partial charge < -0.3 is 15.4 Å². The van der Waals surface area contributed by atoms with Crippen LogP contribution in [0.3, 0.4) is 0 Å². The number of carboxylic acids is 1. The molecule has 1 amide bonds. The highest BCUT2D eigenvalue weighted by Gasteiger charge is 2.17. The Morgan fingerprint density at radius 3 is 2.82 bits per heavy atom. The molecule has 0 aromatic carbocycles. The first kappa shape index (κ1) is 16.0. The van der Waals surface area contributed by atoms with Gasteiger partial charge in [0.05, 0.1) is 15.5 Å². The van der Waals surface area contributed by atoms with Crippen LogP contribution < -0.4 is 20.1 Å². The van der Waals surface area contributed by atoms with Gasteiger partial charge >= 0.3 is 10.8 Å². The first-order valence-electron chi connectivity index (χ1n) is 6.78. The van der Waals surface area contributed by atoms with Gasteiger partial charge in [0.1, 0.15) is 6.54 Å². The standard InChI is InChI=1S/C15H16N2O4S/c1-9-13(22-15(21)17-9)12(14(20)16-8-11(18)19)10-6-4-2-3-5-7-10/h4,6-7H,1-3,5,8H2,(H,16,20)(H,17,21)(H,18,19)/b13-12-. The number of amides is 1. The van der Waals surface area contributed by atoms with Gasteiger partial charge in [0.15, 0.2) is 0 Å². The highest BCUT2D eigenvalue weighted by Crippen LogP contribution is 2.18. The highest BCUT2D eigenvalue weighted by molar-refractivity contribution is 7.07. The summed E-state index contributed by atoms with van der Waals surface area (Å²) in [5.41, 5.74) is 0.966. The van der Waals surface area contributed by atoms with Crippen LogP contribution in [-0.2, 0) is 9.59 Å². The predicted molar refractivity (Wildman–Crippen MR) is 84.8 cm³/mol. The zero-order valence-corrected chi connectivity index (χ0v) is 12.7. The van der Waals surface area contributed by atoms with Gasteiger partial charge in [-0.25, -0.2) is 0 Å². The molecule has 6 nitrogen and oxygen atoms in total. The topological polar surface area (TPSA) is 99.3 Å². The third-order valence-electron chi connectivity index (χ3n) is 3.10. The second kappa shape index (κ2) is 7.04. The van der Waals surface area contributed by atoms with Crippen molar-refractivity contribution in [1.82, 2.24) is 10.3 Å². The first-order chi connectivity index (χ1) is 10.5. The molecule has 3 N–H and O–H groups in total. The van der Waals surface area contributed by atoms with Gasteiger partial charge in [-0.15, -0.1) is 0 Å². The van der Waals surface area contributed by atoms with Crippen LogP contribution in [0.25, 0.3) is 12.2 Å². The van der Waals surface area contributed by atoms with Crippen LogP contribution in [-0.4, -0.2) is 28.5 Å². The maximum absolute atomic E-state index is 12.4. The predicted octanol–water partition coefficient (Wildman–Crippen LogP) is -0.135. The molecule has 1 aromatic heterocycles. The average Bonchev–Trinajstić information content (AvgIpc) is 2.68. The molecule has 2 rings (SSSR count). The van der Waals surface area contributed by atoms with Gasteiger partial charge in [0, 0.05) is 0 Å². The lowest BCUT2D eigenvalue weighted by molar-refractivity contribution is -0.137.